The molecule has 45 heavy (non-hydrogen) atoms. The van der Waals surface area contributed by atoms with E-state index >= 15 is 0 Å². The van der Waals surface area contributed by atoms with Crippen molar-refractivity contribution in [1.82, 2.24) is 15.3 Å². The number of carbonyl (C=O) groups is 4. The van der Waals surface area contributed by atoms with Gasteiger partial charge in [-0.2, -0.15) is 0 Å². The van der Waals surface area contributed by atoms with Gasteiger partial charge in [0.2, 0.25) is 0 Å². The van der Waals surface area contributed by atoms with Crippen LogP contribution in [-0.2, 0) is 28.7 Å². The topological polar surface area (TPSA) is 143 Å². The number of H-pyrrole nitrogens is 2. The number of hydrogen-bond acceptors (Lipinski definition) is 6. The van der Waals surface area contributed by atoms with Crippen LogP contribution < -0.4 is 16.0 Å². The van der Waals surface area contributed by atoms with Gasteiger partial charge in [-0.15, -0.1) is 0 Å². The summed E-state index contributed by atoms with van der Waals surface area (Å²) in [6.07, 6.45) is 10.0. The fourth-order valence-corrected chi connectivity index (χ4v) is 5.51. The van der Waals surface area contributed by atoms with Crippen molar-refractivity contribution in [3.05, 3.63) is 85.5 Å². The second kappa shape index (κ2) is 13.6. The van der Waals surface area contributed by atoms with Crippen LogP contribution in [0, 0.1) is 13.8 Å². The fraction of sp³-hybridized carbons (Fsp3) is 0.286. The molecule has 0 bridgehead atoms. The van der Waals surface area contributed by atoms with Crippen molar-refractivity contribution in [3.63, 3.8) is 0 Å². The van der Waals surface area contributed by atoms with Crippen LogP contribution in [0.2, 0.25) is 0 Å². The molecular weight excluding hydrogens is 572 g/mol. The molecule has 0 atom stereocenters. The maximum Gasteiger partial charge on any atom is 0.305 e. The molecule has 4 rings (SSSR count). The number of ether oxygens (including phenoxy) is 2. The maximum absolute atomic E-state index is 12.6. The summed E-state index contributed by atoms with van der Waals surface area (Å²) in [5.41, 5.74) is 9.03. The van der Waals surface area contributed by atoms with Crippen LogP contribution in [0.3, 0.4) is 0 Å². The van der Waals surface area contributed by atoms with E-state index in [4.69, 9.17) is 9.47 Å². The molecule has 2 aromatic heterocycles. The van der Waals surface area contributed by atoms with Crippen molar-refractivity contribution in [3.8, 4) is 0 Å². The van der Waals surface area contributed by atoms with Gasteiger partial charge in [-0.1, -0.05) is 25.3 Å². The molecule has 2 aliphatic rings. The molecule has 0 unspecified atom stereocenters. The summed E-state index contributed by atoms with van der Waals surface area (Å²) >= 11 is 0. The lowest BCUT2D eigenvalue weighted by molar-refractivity contribution is -0.141. The van der Waals surface area contributed by atoms with E-state index in [1.165, 1.54) is 14.2 Å². The third kappa shape index (κ3) is 6.64. The Morgan fingerprint density at radius 1 is 0.756 bits per heavy atom. The number of aliphatic imine (C=N–C) groups is 1. The number of aromatic nitrogens is 2. The molecule has 4 heterocycles. The lowest BCUT2D eigenvalue weighted by Gasteiger charge is -2.01. The van der Waals surface area contributed by atoms with E-state index in [0.29, 0.717) is 29.0 Å². The molecule has 0 fully saturated rings. The highest BCUT2D eigenvalue weighted by atomic mass is 16.5. The van der Waals surface area contributed by atoms with Crippen LogP contribution in [0.4, 0.5) is 0 Å². The molecule has 3 N–H and O–H groups in total. The lowest BCUT2D eigenvalue weighted by Crippen LogP contribution is -2.17. The Labute approximate surface area is 261 Å². The normalized spacial score (nSPS) is 16.6. The highest BCUT2D eigenvalue weighted by Crippen LogP contribution is 2.29. The number of nitrogens with one attached hydrogen (secondary N) is 3. The van der Waals surface area contributed by atoms with Crippen molar-refractivity contribution < 1.29 is 28.7 Å². The second-order valence-electron chi connectivity index (χ2n) is 10.9. The molecule has 2 amide bonds. The molecule has 0 aliphatic carbocycles. The monoisotopic (exact) mass is 610 g/mol. The van der Waals surface area contributed by atoms with Gasteiger partial charge in [0, 0.05) is 62.9 Å². The Morgan fingerprint density at radius 3 is 1.98 bits per heavy atom. The van der Waals surface area contributed by atoms with E-state index in [9.17, 15) is 19.2 Å². The number of hydrogen-bond donors (Lipinski definition) is 3. The minimum Gasteiger partial charge on any atom is -0.469 e. The average Bonchev–Trinajstić information content (AvgIpc) is 3.66. The van der Waals surface area contributed by atoms with Gasteiger partial charge in [-0.3, -0.25) is 19.2 Å². The molecule has 0 radical (unpaired) electrons. The first kappa shape index (κ1) is 32.7. The Kier molecular flexibility index (Phi) is 9.86. The Morgan fingerprint density at radius 2 is 1.38 bits per heavy atom. The molecule has 0 spiro atoms. The summed E-state index contributed by atoms with van der Waals surface area (Å²) in [7, 11) is 2.64. The molecule has 234 valence electrons. The summed E-state index contributed by atoms with van der Waals surface area (Å²) in [6, 6.07) is 0. The first-order valence-electron chi connectivity index (χ1n) is 14.5. The predicted molar refractivity (Wildman–Crippen MR) is 175 cm³/mol. The first-order valence-corrected chi connectivity index (χ1v) is 14.5. The third-order valence-corrected chi connectivity index (χ3v) is 8.31. The zero-order valence-electron chi connectivity index (χ0n) is 26.5. The summed E-state index contributed by atoms with van der Waals surface area (Å²) in [6.45, 7) is 15.6. The van der Waals surface area contributed by atoms with E-state index in [2.05, 4.69) is 33.4 Å². The number of nitrogens with zero attached hydrogens (tertiary/aromatic N) is 1. The number of amides is 2. The molecule has 10 nitrogen and oxygen atoms in total. The molecule has 2 aliphatic heterocycles. The van der Waals surface area contributed by atoms with Crippen molar-refractivity contribution in [1.29, 1.82) is 0 Å². The van der Waals surface area contributed by atoms with Crippen LogP contribution in [-0.4, -0.2) is 53.7 Å². The van der Waals surface area contributed by atoms with Crippen molar-refractivity contribution in [2.75, 3.05) is 14.2 Å². The summed E-state index contributed by atoms with van der Waals surface area (Å²) in [5, 5.41) is 4.49. The number of carbonyl (C=O) groups excluding carboxylic acids is 4. The summed E-state index contributed by atoms with van der Waals surface area (Å²) in [5.74, 6) is -1.32. The van der Waals surface area contributed by atoms with Crippen LogP contribution in [0.5, 0.6) is 0 Å². The van der Waals surface area contributed by atoms with Gasteiger partial charge in [0.15, 0.2) is 0 Å². The number of rotatable bonds is 11. The first-order chi connectivity index (χ1) is 21.4. The highest BCUT2D eigenvalue weighted by Gasteiger charge is 2.26. The van der Waals surface area contributed by atoms with E-state index in [-0.39, 0.29) is 43.0 Å². The van der Waals surface area contributed by atoms with Gasteiger partial charge in [0.1, 0.15) is 0 Å². The van der Waals surface area contributed by atoms with Gasteiger partial charge < -0.3 is 24.8 Å². The van der Waals surface area contributed by atoms with Gasteiger partial charge in [-0.25, -0.2) is 4.99 Å². The van der Waals surface area contributed by atoms with Crippen LogP contribution in [0.15, 0.2) is 46.1 Å². The van der Waals surface area contributed by atoms with Crippen LogP contribution in [0.25, 0.3) is 30.4 Å². The van der Waals surface area contributed by atoms with Gasteiger partial charge in [-0.05, 0) is 81.0 Å². The van der Waals surface area contributed by atoms with Crippen LogP contribution in [0.1, 0.15) is 73.2 Å². The zero-order chi connectivity index (χ0) is 33.0. The minimum absolute atomic E-state index is 0.110. The molecule has 2 aromatic rings. The smallest absolute Gasteiger partial charge is 0.305 e. The highest BCUT2D eigenvalue weighted by molar-refractivity contribution is 6.30. The number of aromatic amines is 2. The molecular formula is C35H38N4O6. The van der Waals surface area contributed by atoms with Gasteiger partial charge in [0.05, 0.1) is 19.9 Å². The maximum atomic E-state index is 12.6. The van der Waals surface area contributed by atoms with Crippen molar-refractivity contribution in [2.24, 2.45) is 4.99 Å². The Hall–Kier alpha value is -5.25. The summed E-state index contributed by atoms with van der Waals surface area (Å²) < 4.78 is 9.42. The van der Waals surface area contributed by atoms with Crippen LogP contribution >= 0.6 is 0 Å². The average molecular weight is 611 g/mol. The third-order valence-electron chi connectivity index (χ3n) is 8.31. The van der Waals surface area contributed by atoms with E-state index in [0.717, 1.165) is 55.5 Å². The van der Waals surface area contributed by atoms with E-state index < -0.39 is 0 Å². The number of allylic oxidation sites excluding steroid dienone is 2. The van der Waals surface area contributed by atoms with E-state index in [1.807, 2.05) is 45.9 Å². The molecule has 10 heteroatoms. The Bertz CT molecular complexity index is 1890. The van der Waals surface area contributed by atoms with Gasteiger partial charge in [0.25, 0.3) is 11.8 Å². The standard InChI is InChI=1S/C35H38N4O6/c1-9-22-18(3)26(15-28-20(5)24(34(42)38-28)11-13-32(40)44-7)36-30(22)16-27-19(4)23(10-2)31(37-27)17-29-21(6)25(35(43)39-29)12-14-33(41)45-8/h9-10,15-17,36-37H,1-2,11-14H2,3-8H3,(H,39,43)/b26-15-,29-17+,30-16+. The summed E-state index contributed by atoms with van der Waals surface area (Å²) in [4.78, 5) is 59.6. The predicted octanol–water partition coefficient (Wildman–Crippen LogP) is 3.85. The zero-order valence-corrected chi connectivity index (χ0v) is 26.5. The van der Waals surface area contributed by atoms with Gasteiger partial charge >= 0.3 is 11.9 Å². The SMILES string of the molecule is C=Cc1c(/C=C2/NC(=O)C(CCC(=O)OC)=C2C)[nH]c(/C=c2/[nH]/c(=C\C3=NC(=O)C(CCC(=O)OC)=C3C)c(C)c2C=C)c1C. The Balaban J connectivity index is 1.72. The quantitative estimate of drug-likeness (QED) is 0.330. The number of methoxy groups -OCH3 is 2. The second-order valence-corrected chi connectivity index (χ2v) is 10.9. The van der Waals surface area contributed by atoms with E-state index in [1.54, 1.807) is 12.2 Å². The molecule has 0 saturated heterocycles. The fourth-order valence-electron chi connectivity index (χ4n) is 5.51. The minimum atomic E-state index is -0.380. The molecule has 0 saturated carbocycles. The van der Waals surface area contributed by atoms with Crippen molar-refractivity contribution in [2.45, 2.75) is 53.4 Å². The largest absolute Gasteiger partial charge is 0.469 e. The van der Waals surface area contributed by atoms with Crippen molar-refractivity contribution >= 4 is 59.8 Å². The molecule has 0 aromatic carbocycles. The number of esters is 2. The lowest BCUT2D eigenvalue weighted by atomic mass is 10.0.